The Morgan fingerprint density at radius 2 is 0.926 bits per heavy atom. The Bertz CT molecular complexity index is 364. The molecule has 0 radical (unpaired) electrons. The van der Waals surface area contributed by atoms with E-state index in [-0.39, 0.29) is 0 Å². The van der Waals surface area contributed by atoms with Crippen molar-refractivity contribution >= 4 is 11.9 Å². The highest BCUT2D eigenvalue weighted by Crippen LogP contribution is 2.00. The van der Waals surface area contributed by atoms with Gasteiger partial charge in [0.25, 0.3) is 0 Å². The van der Waals surface area contributed by atoms with E-state index in [1.807, 2.05) is 11.9 Å². The zero-order valence-corrected chi connectivity index (χ0v) is 19.6. The summed E-state index contributed by atoms with van der Waals surface area (Å²) in [7, 11) is 2.00. The molecule has 0 aliphatic heterocycles. The van der Waals surface area contributed by atoms with Crippen LogP contribution in [-0.2, 0) is 0 Å². The van der Waals surface area contributed by atoms with Gasteiger partial charge >= 0.3 is 0 Å². The first-order valence-corrected chi connectivity index (χ1v) is 11.0. The second kappa shape index (κ2) is 17.9. The van der Waals surface area contributed by atoms with Crippen LogP contribution in [0, 0.1) is 10.8 Å². The van der Waals surface area contributed by atoms with Gasteiger partial charge in [0.2, 0.25) is 0 Å². The van der Waals surface area contributed by atoms with E-state index in [1.54, 1.807) is 0 Å². The SMILES string of the molecule is CCCCN(C)C(=N)N(CC)CC.CCCCN(CC)C(=N)N(CC)CC. The predicted octanol–water partition coefficient (Wildman–Crippen LogP) is 4.38. The van der Waals surface area contributed by atoms with E-state index >= 15 is 0 Å². The minimum absolute atomic E-state index is 0.651. The molecule has 0 heterocycles. The molecule has 0 aromatic carbocycles. The van der Waals surface area contributed by atoms with Crippen LogP contribution >= 0.6 is 0 Å². The van der Waals surface area contributed by atoms with Crippen LogP contribution in [0.2, 0.25) is 0 Å². The summed E-state index contributed by atoms with van der Waals surface area (Å²) in [5.74, 6) is 1.34. The highest BCUT2D eigenvalue weighted by Gasteiger charge is 2.12. The van der Waals surface area contributed by atoms with Crippen molar-refractivity contribution in [2.45, 2.75) is 74.1 Å². The first-order chi connectivity index (χ1) is 12.9. The van der Waals surface area contributed by atoms with Crippen LogP contribution in [0.15, 0.2) is 0 Å². The van der Waals surface area contributed by atoms with E-state index in [1.165, 1.54) is 25.7 Å². The maximum absolute atomic E-state index is 8.03. The molecule has 0 amide bonds. The van der Waals surface area contributed by atoms with Crippen LogP contribution < -0.4 is 0 Å². The van der Waals surface area contributed by atoms with Gasteiger partial charge in [-0.25, -0.2) is 0 Å². The summed E-state index contributed by atoms with van der Waals surface area (Å²) in [5.41, 5.74) is 0. The molecular formula is C21H48N6. The fraction of sp³-hybridized carbons (Fsp3) is 0.905. The van der Waals surface area contributed by atoms with E-state index in [4.69, 9.17) is 10.8 Å². The number of nitrogens with one attached hydrogen (secondary N) is 2. The summed E-state index contributed by atoms with van der Waals surface area (Å²) in [6.07, 6.45) is 4.73. The van der Waals surface area contributed by atoms with Crippen molar-refractivity contribution in [3.05, 3.63) is 0 Å². The van der Waals surface area contributed by atoms with E-state index in [0.29, 0.717) is 11.9 Å². The van der Waals surface area contributed by atoms with Gasteiger partial charge in [0.05, 0.1) is 0 Å². The van der Waals surface area contributed by atoms with Crippen molar-refractivity contribution in [1.29, 1.82) is 10.8 Å². The first-order valence-electron chi connectivity index (χ1n) is 11.0. The number of hydrogen-bond donors (Lipinski definition) is 2. The first kappa shape index (κ1) is 27.8. The molecule has 27 heavy (non-hydrogen) atoms. The lowest BCUT2D eigenvalue weighted by atomic mass is 10.3. The minimum Gasteiger partial charge on any atom is -0.346 e. The molecule has 6 nitrogen and oxygen atoms in total. The van der Waals surface area contributed by atoms with Crippen molar-refractivity contribution in [3.8, 4) is 0 Å². The van der Waals surface area contributed by atoms with Crippen LogP contribution in [0.25, 0.3) is 0 Å². The number of rotatable bonds is 11. The van der Waals surface area contributed by atoms with Gasteiger partial charge < -0.3 is 19.6 Å². The van der Waals surface area contributed by atoms with E-state index < -0.39 is 0 Å². The lowest BCUT2D eigenvalue weighted by Gasteiger charge is -2.31. The molecule has 0 unspecified atom stereocenters. The van der Waals surface area contributed by atoms with Crippen molar-refractivity contribution in [2.24, 2.45) is 0 Å². The predicted molar refractivity (Wildman–Crippen MR) is 121 cm³/mol. The fourth-order valence-corrected chi connectivity index (χ4v) is 2.75. The Hall–Kier alpha value is -1.46. The van der Waals surface area contributed by atoms with Crippen LogP contribution in [0.1, 0.15) is 74.1 Å². The van der Waals surface area contributed by atoms with Gasteiger partial charge in [-0.1, -0.05) is 26.7 Å². The lowest BCUT2D eigenvalue weighted by Crippen LogP contribution is -2.43. The van der Waals surface area contributed by atoms with Crippen molar-refractivity contribution < 1.29 is 0 Å². The Kier molecular flexibility index (Phi) is 18.4. The van der Waals surface area contributed by atoms with Gasteiger partial charge in [-0.05, 0) is 47.5 Å². The molecule has 6 heteroatoms. The minimum atomic E-state index is 0.651. The molecule has 0 spiro atoms. The van der Waals surface area contributed by atoms with E-state index in [9.17, 15) is 0 Å². The molecule has 0 saturated carbocycles. The van der Waals surface area contributed by atoms with Gasteiger partial charge in [-0.3, -0.25) is 10.8 Å². The summed E-state index contributed by atoms with van der Waals surface area (Å²) in [6.45, 7) is 21.5. The van der Waals surface area contributed by atoms with Gasteiger partial charge in [0, 0.05) is 52.9 Å². The third kappa shape index (κ3) is 11.8. The van der Waals surface area contributed by atoms with Crippen LogP contribution in [-0.4, -0.2) is 84.4 Å². The molecule has 0 saturated heterocycles. The number of nitrogens with zero attached hydrogens (tertiary/aromatic N) is 4. The summed E-state index contributed by atoms with van der Waals surface area (Å²) < 4.78 is 0. The van der Waals surface area contributed by atoms with Crippen molar-refractivity contribution in [1.82, 2.24) is 19.6 Å². The largest absolute Gasteiger partial charge is 0.346 e. The maximum Gasteiger partial charge on any atom is 0.193 e. The summed E-state index contributed by atoms with van der Waals surface area (Å²) >= 11 is 0. The molecule has 0 fully saturated rings. The highest BCUT2D eigenvalue weighted by molar-refractivity contribution is 5.77. The van der Waals surface area contributed by atoms with Crippen LogP contribution in [0.4, 0.5) is 0 Å². The van der Waals surface area contributed by atoms with Gasteiger partial charge in [0.15, 0.2) is 11.9 Å². The second-order valence-electron chi connectivity index (χ2n) is 6.70. The fourth-order valence-electron chi connectivity index (χ4n) is 2.75. The zero-order valence-electron chi connectivity index (χ0n) is 19.6. The van der Waals surface area contributed by atoms with E-state index in [0.717, 1.165) is 45.8 Å². The maximum atomic E-state index is 8.03. The Labute approximate surface area is 169 Å². The number of hydrogen-bond acceptors (Lipinski definition) is 2. The third-order valence-corrected chi connectivity index (χ3v) is 4.80. The molecule has 0 aromatic heterocycles. The van der Waals surface area contributed by atoms with Crippen molar-refractivity contribution in [3.63, 3.8) is 0 Å². The molecule has 0 atom stereocenters. The number of unbranched alkanes of at least 4 members (excludes halogenated alkanes) is 2. The monoisotopic (exact) mass is 384 g/mol. The van der Waals surface area contributed by atoms with Gasteiger partial charge in [0.1, 0.15) is 0 Å². The zero-order chi connectivity index (χ0) is 21.2. The van der Waals surface area contributed by atoms with Crippen LogP contribution in [0.5, 0.6) is 0 Å². The van der Waals surface area contributed by atoms with Gasteiger partial charge in [-0.2, -0.15) is 0 Å². The van der Waals surface area contributed by atoms with Crippen molar-refractivity contribution in [2.75, 3.05) is 52.9 Å². The average Bonchev–Trinajstić information content (AvgIpc) is 2.69. The molecule has 0 rings (SSSR count). The molecule has 0 aliphatic rings. The molecule has 0 bridgehead atoms. The summed E-state index contributed by atoms with van der Waals surface area (Å²) in [5, 5.41) is 15.9. The standard InChI is InChI=1S/C11H25N3.C10H23N3/c1-5-9-10-14(8-4)11(12)13(6-2)7-3;1-5-8-9-12(4)10(11)13(6-2)7-3/h12H,5-10H2,1-4H3;11H,5-9H2,1-4H3. The molecular weight excluding hydrogens is 336 g/mol. The molecule has 0 aromatic rings. The summed E-state index contributed by atoms with van der Waals surface area (Å²) in [6, 6.07) is 0. The van der Waals surface area contributed by atoms with E-state index in [2.05, 4.69) is 63.2 Å². The Morgan fingerprint density at radius 1 is 0.556 bits per heavy atom. The molecule has 162 valence electrons. The Morgan fingerprint density at radius 3 is 1.30 bits per heavy atom. The second-order valence-corrected chi connectivity index (χ2v) is 6.70. The topological polar surface area (TPSA) is 60.7 Å². The Balaban J connectivity index is 0. The number of guanidine groups is 2. The third-order valence-electron chi connectivity index (χ3n) is 4.80. The normalized spacial score (nSPS) is 9.93. The lowest BCUT2D eigenvalue weighted by molar-refractivity contribution is 0.333. The average molecular weight is 385 g/mol. The molecule has 0 aliphatic carbocycles. The van der Waals surface area contributed by atoms with Crippen LogP contribution in [0.3, 0.4) is 0 Å². The highest BCUT2D eigenvalue weighted by atomic mass is 15.4. The molecule has 2 N–H and O–H groups in total. The van der Waals surface area contributed by atoms with Gasteiger partial charge in [-0.15, -0.1) is 0 Å². The smallest absolute Gasteiger partial charge is 0.193 e. The summed E-state index contributed by atoms with van der Waals surface area (Å²) in [4.78, 5) is 8.34. The quantitative estimate of drug-likeness (QED) is 0.410.